The zero-order valence-corrected chi connectivity index (χ0v) is 8.54. The summed E-state index contributed by atoms with van der Waals surface area (Å²) < 4.78 is 5.71. The van der Waals surface area contributed by atoms with Gasteiger partial charge in [-0.25, -0.2) is 0 Å². The van der Waals surface area contributed by atoms with Crippen LogP contribution in [-0.2, 0) is 9.53 Å². The molecule has 2 atom stereocenters. The lowest BCUT2D eigenvalue weighted by Crippen LogP contribution is -2.45. The first kappa shape index (κ1) is 9.00. The zero-order chi connectivity index (χ0) is 9.64. The molecule has 2 fully saturated rings. The summed E-state index contributed by atoms with van der Waals surface area (Å²) in [4.78, 5) is 13.6. The Morgan fingerprint density at radius 3 is 2.92 bits per heavy atom. The van der Waals surface area contributed by atoms with Gasteiger partial charge in [-0.15, -0.1) is 0 Å². The van der Waals surface area contributed by atoms with E-state index in [0.717, 1.165) is 6.42 Å². The fourth-order valence-electron chi connectivity index (χ4n) is 2.35. The van der Waals surface area contributed by atoms with Gasteiger partial charge in [-0.1, -0.05) is 13.8 Å². The van der Waals surface area contributed by atoms with Crippen molar-refractivity contribution < 1.29 is 9.53 Å². The number of rotatable bonds is 1. The largest absolute Gasteiger partial charge is 0.354 e. The summed E-state index contributed by atoms with van der Waals surface area (Å²) in [5, 5.41) is 0. The van der Waals surface area contributed by atoms with Gasteiger partial charge in [0.15, 0.2) is 0 Å². The van der Waals surface area contributed by atoms with E-state index in [1.807, 2.05) is 11.8 Å². The Morgan fingerprint density at radius 1 is 1.62 bits per heavy atom. The Morgan fingerprint density at radius 2 is 2.31 bits per heavy atom. The van der Waals surface area contributed by atoms with Crippen LogP contribution in [0, 0.1) is 5.92 Å². The molecule has 2 rings (SSSR count). The van der Waals surface area contributed by atoms with Gasteiger partial charge in [0.05, 0.1) is 12.6 Å². The molecule has 2 saturated heterocycles. The first-order valence-corrected chi connectivity index (χ1v) is 5.01. The SMILES string of the molecule is CC(C)[C@@H]1CO[C@@]2(C)CCC(=O)N12. The summed E-state index contributed by atoms with van der Waals surface area (Å²) in [5.74, 6) is 0.752. The van der Waals surface area contributed by atoms with Gasteiger partial charge in [0.2, 0.25) is 5.91 Å². The molecule has 0 radical (unpaired) electrons. The number of nitrogens with zero attached hydrogens (tertiary/aromatic N) is 1. The number of fused-ring (bicyclic) bond motifs is 1. The van der Waals surface area contributed by atoms with E-state index in [-0.39, 0.29) is 11.6 Å². The molecule has 0 aromatic heterocycles. The van der Waals surface area contributed by atoms with Crippen LogP contribution in [0.25, 0.3) is 0 Å². The number of amides is 1. The molecule has 0 aromatic rings. The molecule has 1 amide bonds. The third-order valence-electron chi connectivity index (χ3n) is 3.25. The van der Waals surface area contributed by atoms with Crippen molar-refractivity contribution in [3.8, 4) is 0 Å². The third-order valence-corrected chi connectivity index (χ3v) is 3.25. The molecule has 3 heteroatoms. The minimum Gasteiger partial charge on any atom is -0.354 e. The summed E-state index contributed by atoms with van der Waals surface area (Å²) in [6, 6.07) is 0.292. The van der Waals surface area contributed by atoms with Crippen LogP contribution >= 0.6 is 0 Å². The van der Waals surface area contributed by atoms with E-state index in [1.54, 1.807) is 0 Å². The normalized spacial score (nSPS) is 38.9. The average molecular weight is 183 g/mol. The first-order chi connectivity index (χ1) is 6.04. The van der Waals surface area contributed by atoms with E-state index in [1.165, 1.54) is 0 Å². The molecule has 0 aliphatic carbocycles. The van der Waals surface area contributed by atoms with Crippen LogP contribution in [0.3, 0.4) is 0 Å². The molecule has 3 nitrogen and oxygen atoms in total. The van der Waals surface area contributed by atoms with Crippen molar-refractivity contribution in [2.24, 2.45) is 5.92 Å². The van der Waals surface area contributed by atoms with Crippen LogP contribution < -0.4 is 0 Å². The molecule has 0 N–H and O–H groups in total. The number of hydrogen-bond donors (Lipinski definition) is 0. The summed E-state index contributed by atoms with van der Waals surface area (Å²) in [7, 11) is 0. The van der Waals surface area contributed by atoms with E-state index in [9.17, 15) is 4.79 Å². The van der Waals surface area contributed by atoms with Crippen LogP contribution in [-0.4, -0.2) is 29.2 Å². The quantitative estimate of drug-likeness (QED) is 0.614. The zero-order valence-electron chi connectivity index (χ0n) is 8.54. The molecule has 0 unspecified atom stereocenters. The highest BCUT2D eigenvalue weighted by molar-refractivity contribution is 5.80. The summed E-state index contributed by atoms with van der Waals surface area (Å²) in [6.45, 7) is 7.02. The second-order valence-electron chi connectivity index (χ2n) is 4.56. The minimum atomic E-state index is -0.286. The highest BCUT2D eigenvalue weighted by Crippen LogP contribution is 2.39. The van der Waals surface area contributed by atoms with E-state index in [4.69, 9.17) is 4.74 Å². The highest BCUT2D eigenvalue weighted by atomic mass is 16.5. The lowest BCUT2D eigenvalue weighted by atomic mass is 10.0. The Balaban J connectivity index is 2.25. The Labute approximate surface area is 79.0 Å². The van der Waals surface area contributed by atoms with Crippen LogP contribution in [0.2, 0.25) is 0 Å². The maximum absolute atomic E-state index is 11.6. The van der Waals surface area contributed by atoms with Crippen molar-refractivity contribution in [3.63, 3.8) is 0 Å². The molecule has 2 aliphatic heterocycles. The smallest absolute Gasteiger partial charge is 0.225 e. The van der Waals surface area contributed by atoms with Crippen molar-refractivity contribution in [2.45, 2.75) is 45.4 Å². The summed E-state index contributed by atoms with van der Waals surface area (Å²) >= 11 is 0. The van der Waals surface area contributed by atoms with E-state index in [2.05, 4.69) is 13.8 Å². The van der Waals surface area contributed by atoms with Crippen molar-refractivity contribution in [1.82, 2.24) is 4.90 Å². The maximum atomic E-state index is 11.6. The molecular formula is C10H17NO2. The van der Waals surface area contributed by atoms with Gasteiger partial charge in [-0.05, 0) is 12.8 Å². The van der Waals surface area contributed by atoms with Gasteiger partial charge in [0, 0.05) is 12.8 Å². The standard InChI is InChI=1S/C10H17NO2/c1-7(2)8-6-13-10(3)5-4-9(12)11(8)10/h7-8H,4-6H2,1-3H3/t8-,10-/m0/s1. The van der Waals surface area contributed by atoms with E-state index >= 15 is 0 Å². The second kappa shape index (κ2) is 2.71. The van der Waals surface area contributed by atoms with Crippen molar-refractivity contribution >= 4 is 5.91 Å². The molecule has 2 heterocycles. The van der Waals surface area contributed by atoms with Crippen LogP contribution in [0.4, 0.5) is 0 Å². The van der Waals surface area contributed by atoms with Gasteiger partial charge < -0.3 is 9.64 Å². The molecule has 0 bridgehead atoms. The fraction of sp³-hybridized carbons (Fsp3) is 0.900. The number of ether oxygens (including phenoxy) is 1. The molecular weight excluding hydrogens is 166 g/mol. The minimum absolute atomic E-state index is 0.263. The lowest BCUT2D eigenvalue weighted by molar-refractivity contribution is -0.137. The fourth-order valence-corrected chi connectivity index (χ4v) is 2.35. The third kappa shape index (κ3) is 1.17. The number of carbonyl (C=O) groups is 1. The Bertz CT molecular complexity index is 239. The number of carbonyl (C=O) groups excluding carboxylic acids is 1. The average Bonchev–Trinajstić information content (AvgIpc) is 2.50. The van der Waals surface area contributed by atoms with Gasteiger partial charge in [0.1, 0.15) is 5.72 Å². The van der Waals surface area contributed by atoms with Crippen LogP contribution in [0.1, 0.15) is 33.6 Å². The van der Waals surface area contributed by atoms with Crippen LogP contribution in [0.15, 0.2) is 0 Å². The lowest BCUT2D eigenvalue weighted by Gasteiger charge is -2.31. The molecule has 0 spiro atoms. The molecule has 0 aromatic carbocycles. The molecule has 13 heavy (non-hydrogen) atoms. The Hall–Kier alpha value is -0.570. The molecule has 74 valence electrons. The maximum Gasteiger partial charge on any atom is 0.225 e. The van der Waals surface area contributed by atoms with Gasteiger partial charge in [-0.3, -0.25) is 4.79 Å². The monoisotopic (exact) mass is 183 g/mol. The van der Waals surface area contributed by atoms with Crippen LogP contribution in [0.5, 0.6) is 0 Å². The topological polar surface area (TPSA) is 29.5 Å². The molecule has 0 saturated carbocycles. The second-order valence-corrected chi connectivity index (χ2v) is 4.56. The van der Waals surface area contributed by atoms with Crippen molar-refractivity contribution in [3.05, 3.63) is 0 Å². The predicted octanol–water partition coefficient (Wildman–Crippen LogP) is 1.38. The molecule has 2 aliphatic rings. The van der Waals surface area contributed by atoms with Gasteiger partial charge >= 0.3 is 0 Å². The van der Waals surface area contributed by atoms with Crippen molar-refractivity contribution in [2.75, 3.05) is 6.61 Å². The Kier molecular flexibility index (Phi) is 1.88. The number of hydrogen-bond acceptors (Lipinski definition) is 2. The highest BCUT2D eigenvalue weighted by Gasteiger charge is 2.51. The van der Waals surface area contributed by atoms with Crippen molar-refractivity contribution in [1.29, 1.82) is 0 Å². The van der Waals surface area contributed by atoms with E-state index < -0.39 is 0 Å². The summed E-state index contributed by atoms with van der Waals surface area (Å²) in [6.07, 6.45) is 1.51. The van der Waals surface area contributed by atoms with Gasteiger partial charge in [0.25, 0.3) is 0 Å². The van der Waals surface area contributed by atoms with Gasteiger partial charge in [-0.2, -0.15) is 0 Å². The predicted molar refractivity (Wildman–Crippen MR) is 49.1 cm³/mol. The first-order valence-electron chi connectivity index (χ1n) is 5.01. The van der Waals surface area contributed by atoms with E-state index in [0.29, 0.717) is 25.0 Å². The summed E-state index contributed by atoms with van der Waals surface area (Å²) in [5.41, 5.74) is -0.286.